The second-order valence-corrected chi connectivity index (χ2v) is 8.76. The Kier molecular flexibility index (Phi) is 6.34. The number of hydrogen-bond donors (Lipinski definition) is 2. The van der Waals surface area contributed by atoms with Crippen LogP contribution in [0.5, 0.6) is 0 Å². The summed E-state index contributed by atoms with van der Waals surface area (Å²) in [6.45, 7) is 5.00. The van der Waals surface area contributed by atoms with Crippen LogP contribution in [0.3, 0.4) is 0 Å². The predicted octanol–water partition coefficient (Wildman–Crippen LogP) is 2.40. The third-order valence-corrected chi connectivity index (χ3v) is 6.69. The number of hydrogen-bond acceptors (Lipinski definition) is 6. The highest BCUT2D eigenvalue weighted by Crippen LogP contribution is 2.35. The van der Waals surface area contributed by atoms with Crippen LogP contribution in [0.25, 0.3) is 3.58 Å². The molecule has 0 saturated carbocycles. The van der Waals surface area contributed by atoms with Crippen molar-refractivity contribution >= 4 is 31.9 Å². The Labute approximate surface area is 184 Å². The van der Waals surface area contributed by atoms with Gasteiger partial charge in [0, 0.05) is 42.2 Å². The van der Waals surface area contributed by atoms with Gasteiger partial charge in [0.05, 0.1) is 17.7 Å². The maximum absolute atomic E-state index is 9.30. The van der Waals surface area contributed by atoms with Crippen LogP contribution in [0.1, 0.15) is 23.2 Å². The largest absolute Gasteiger partial charge is 0.360 e. The Morgan fingerprint density at radius 1 is 1.24 bits per heavy atom. The number of aromatic nitrogens is 1. The minimum absolute atomic E-state index is 0.00974. The molecule has 150 valence electrons. The van der Waals surface area contributed by atoms with Crippen molar-refractivity contribution in [3.05, 3.63) is 41.4 Å². The monoisotopic (exact) mass is 501 g/mol. The maximum atomic E-state index is 9.30. The molecule has 2 aliphatic heterocycles. The van der Waals surface area contributed by atoms with Crippen molar-refractivity contribution in [1.82, 2.24) is 20.1 Å². The van der Waals surface area contributed by atoms with Crippen molar-refractivity contribution < 1.29 is 0 Å². The Balaban J connectivity index is 1.25. The lowest BCUT2D eigenvalue weighted by molar-refractivity contribution is 0.0897. The van der Waals surface area contributed by atoms with Crippen LogP contribution >= 0.6 is 22.6 Å². The van der Waals surface area contributed by atoms with Crippen LogP contribution in [0.2, 0.25) is 0 Å². The molecule has 1 aliphatic carbocycles. The van der Waals surface area contributed by atoms with Gasteiger partial charge in [-0.25, -0.2) is 4.99 Å². The van der Waals surface area contributed by atoms with Gasteiger partial charge in [-0.15, -0.1) is 0 Å². The van der Waals surface area contributed by atoms with Crippen molar-refractivity contribution in [2.75, 3.05) is 32.7 Å². The normalized spacial score (nSPS) is 24.7. The highest BCUT2D eigenvalue weighted by Gasteiger charge is 2.25. The molecule has 1 saturated heterocycles. The highest BCUT2D eigenvalue weighted by molar-refractivity contribution is 14.1. The van der Waals surface area contributed by atoms with E-state index in [0.29, 0.717) is 5.71 Å². The molecular weight excluding hydrogens is 477 g/mol. The van der Waals surface area contributed by atoms with E-state index in [0.717, 1.165) is 55.6 Å². The summed E-state index contributed by atoms with van der Waals surface area (Å²) in [5.41, 5.74) is 4.37. The fraction of sp³-hybridized carbons (Fsp3) is 0.476. The summed E-state index contributed by atoms with van der Waals surface area (Å²) in [5.74, 6) is -0.00974. The van der Waals surface area contributed by atoms with Crippen molar-refractivity contribution in [3.63, 3.8) is 0 Å². The van der Waals surface area contributed by atoms with Gasteiger partial charge in [-0.05, 0) is 65.6 Å². The number of allylic oxidation sites excluding steroid dienone is 2. The van der Waals surface area contributed by atoms with Gasteiger partial charge in [-0.3, -0.25) is 4.90 Å². The number of aryl methyl sites for hydroxylation is 1. The molecule has 4 rings (SSSR count). The molecule has 0 radical (unpaired) electrons. The molecule has 1 fully saturated rings. The first-order valence-electron chi connectivity index (χ1n) is 10.0. The lowest BCUT2D eigenvalue weighted by Crippen LogP contribution is -2.54. The average molecular weight is 501 g/mol. The molecule has 1 aromatic rings. The second kappa shape index (κ2) is 9.12. The number of rotatable bonds is 5. The molecule has 0 amide bonds. The number of piperazine rings is 1. The van der Waals surface area contributed by atoms with E-state index >= 15 is 0 Å². The molecular formula is C21H24IN7. The molecule has 29 heavy (non-hydrogen) atoms. The third-order valence-electron chi connectivity index (χ3n) is 5.79. The van der Waals surface area contributed by atoms with E-state index in [2.05, 4.69) is 72.1 Å². The van der Waals surface area contributed by atoms with E-state index in [1.807, 2.05) is 6.20 Å². The van der Waals surface area contributed by atoms with Gasteiger partial charge in [-0.2, -0.15) is 10.5 Å². The minimum atomic E-state index is -0.119. The van der Waals surface area contributed by atoms with Crippen molar-refractivity contribution in [2.24, 2.45) is 10.9 Å². The zero-order chi connectivity index (χ0) is 20.2. The number of aliphatic imine (C=N–C) groups is 1. The molecule has 1 aromatic heterocycles. The summed E-state index contributed by atoms with van der Waals surface area (Å²) >= 11 is 2.33. The van der Waals surface area contributed by atoms with Crippen LogP contribution in [0, 0.1) is 28.6 Å². The molecule has 2 unspecified atom stereocenters. The van der Waals surface area contributed by atoms with Crippen LogP contribution in [-0.2, 0) is 12.8 Å². The Morgan fingerprint density at radius 2 is 2.07 bits per heavy atom. The van der Waals surface area contributed by atoms with E-state index in [4.69, 9.17) is 5.26 Å². The smallest absolute Gasteiger partial charge is 0.177 e. The minimum Gasteiger partial charge on any atom is -0.360 e. The van der Waals surface area contributed by atoms with Gasteiger partial charge in [0.25, 0.3) is 0 Å². The van der Waals surface area contributed by atoms with Crippen molar-refractivity contribution in [1.29, 1.82) is 10.5 Å². The molecule has 0 spiro atoms. The number of H-pyrrole nitrogens is 1. The summed E-state index contributed by atoms with van der Waals surface area (Å²) in [6, 6.07) is 4.51. The Hall–Kier alpha value is -2.14. The number of aromatic amines is 1. The predicted molar refractivity (Wildman–Crippen MR) is 121 cm³/mol. The second-order valence-electron chi connectivity index (χ2n) is 7.60. The van der Waals surface area contributed by atoms with Gasteiger partial charge in [0.15, 0.2) is 6.29 Å². The molecule has 2 N–H and O–H groups in total. The van der Waals surface area contributed by atoms with E-state index in [1.54, 1.807) is 6.08 Å². The number of nitrogens with zero attached hydrogens (tertiary/aromatic N) is 5. The fourth-order valence-electron chi connectivity index (χ4n) is 4.19. The van der Waals surface area contributed by atoms with Gasteiger partial charge in [0.1, 0.15) is 11.8 Å². The number of fused-ring (bicyclic) bond motifs is 1. The first kappa shape index (κ1) is 20.1. The first-order chi connectivity index (χ1) is 14.2. The van der Waals surface area contributed by atoms with Crippen LogP contribution in [0.15, 0.2) is 29.5 Å². The molecule has 7 nitrogen and oxygen atoms in total. The summed E-state index contributed by atoms with van der Waals surface area (Å²) in [7, 11) is 0. The topological polar surface area (TPSA) is 94.2 Å². The number of nitrogens with one attached hydrogen (secondary N) is 2. The van der Waals surface area contributed by atoms with Crippen LogP contribution in [0.4, 0.5) is 0 Å². The highest BCUT2D eigenvalue weighted by atomic mass is 127. The lowest BCUT2D eigenvalue weighted by atomic mass is 9.91. The maximum Gasteiger partial charge on any atom is 0.177 e. The van der Waals surface area contributed by atoms with Crippen molar-refractivity contribution in [2.45, 2.75) is 25.6 Å². The van der Waals surface area contributed by atoms with E-state index < -0.39 is 0 Å². The molecule has 3 aliphatic rings. The quantitative estimate of drug-likeness (QED) is 0.605. The molecule has 8 heteroatoms. The summed E-state index contributed by atoms with van der Waals surface area (Å²) in [4.78, 5) is 12.6. The van der Waals surface area contributed by atoms with E-state index in [-0.39, 0.29) is 12.2 Å². The SMILES string of the molecule is N#CC1=NC(N2CCN(CCCc3c[nH]c4c3CC(C#N)C=C4I)CC2)NC=C1. The molecule has 2 atom stereocenters. The lowest BCUT2D eigenvalue weighted by Gasteiger charge is -2.38. The van der Waals surface area contributed by atoms with Crippen LogP contribution < -0.4 is 5.32 Å². The van der Waals surface area contributed by atoms with Gasteiger partial charge < -0.3 is 15.2 Å². The van der Waals surface area contributed by atoms with E-state index in [9.17, 15) is 5.26 Å². The van der Waals surface area contributed by atoms with Gasteiger partial charge in [-0.1, -0.05) is 6.08 Å². The van der Waals surface area contributed by atoms with E-state index in [1.165, 1.54) is 16.8 Å². The average Bonchev–Trinajstić information content (AvgIpc) is 3.17. The third kappa shape index (κ3) is 4.55. The Bertz CT molecular complexity index is 922. The standard InChI is InChI=1S/C21H24IN7/c22-19-11-15(12-23)10-18-16(14-26-20(18)19)2-1-5-28-6-8-29(9-7-28)21-25-4-3-17(13-24)27-21/h3-4,11,14-15,21,25-26H,1-2,5-10H2. The Morgan fingerprint density at radius 3 is 2.83 bits per heavy atom. The zero-order valence-electron chi connectivity index (χ0n) is 16.2. The fourth-order valence-corrected chi connectivity index (χ4v) is 5.10. The molecule has 0 bridgehead atoms. The van der Waals surface area contributed by atoms with Gasteiger partial charge >= 0.3 is 0 Å². The molecule has 3 heterocycles. The first-order valence-corrected chi connectivity index (χ1v) is 11.1. The number of halogens is 1. The molecule has 0 aromatic carbocycles. The summed E-state index contributed by atoms with van der Waals surface area (Å²) < 4.78 is 1.16. The van der Waals surface area contributed by atoms with Gasteiger partial charge in [0.2, 0.25) is 0 Å². The number of nitriles is 2. The summed E-state index contributed by atoms with van der Waals surface area (Å²) in [5, 5.41) is 21.6. The zero-order valence-corrected chi connectivity index (χ0v) is 18.4. The van der Waals surface area contributed by atoms with Crippen LogP contribution in [-0.4, -0.2) is 59.5 Å². The van der Waals surface area contributed by atoms with Crippen molar-refractivity contribution in [3.8, 4) is 12.1 Å². The summed E-state index contributed by atoms with van der Waals surface area (Å²) in [6.07, 6.45) is 10.6.